The predicted molar refractivity (Wildman–Crippen MR) is 115 cm³/mol. The van der Waals surface area contributed by atoms with Gasteiger partial charge in [0.2, 0.25) is 0 Å². The Kier molecular flexibility index (Phi) is 5.52. The van der Waals surface area contributed by atoms with E-state index in [1.165, 1.54) is 11.1 Å². The van der Waals surface area contributed by atoms with Crippen LogP contribution < -0.4 is 4.90 Å². The second-order valence-corrected chi connectivity index (χ2v) is 8.51. The standard InChI is InChI=1S/C24H29N3O2/c1-17(2)20-7-5-19(6-8-20)15-25-10-12-26(13-11-25)16-27-22-9-4-18(3)14-21(22)23(28)24(27)29/h4-9,14,17H,10-13,15-16H2,1-3H3. The molecule has 1 amide bonds. The Morgan fingerprint density at radius 2 is 1.55 bits per heavy atom. The fourth-order valence-corrected chi connectivity index (χ4v) is 4.11. The van der Waals surface area contributed by atoms with E-state index >= 15 is 0 Å². The van der Waals surface area contributed by atoms with E-state index < -0.39 is 5.91 Å². The Bertz CT molecular complexity index is 912. The lowest BCUT2D eigenvalue weighted by Gasteiger charge is -2.36. The van der Waals surface area contributed by atoms with Gasteiger partial charge in [-0.2, -0.15) is 0 Å². The van der Waals surface area contributed by atoms with Crippen LogP contribution in [-0.4, -0.2) is 54.3 Å². The molecule has 2 heterocycles. The molecule has 0 radical (unpaired) electrons. The smallest absolute Gasteiger partial charge is 0.297 e. The van der Waals surface area contributed by atoms with Crippen LogP contribution in [0.3, 0.4) is 0 Å². The van der Waals surface area contributed by atoms with Gasteiger partial charge >= 0.3 is 5.91 Å². The van der Waals surface area contributed by atoms with E-state index in [0.29, 0.717) is 18.2 Å². The van der Waals surface area contributed by atoms with E-state index in [0.717, 1.165) is 44.0 Å². The Morgan fingerprint density at radius 3 is 2.21 bits per heavy atom. The van der Waals surface area contributed by atoms with Crippen molar-refractivity contribution in [1.29, 1.82) is 0 Å². The molecule has 4 rings (SSSR count). The largest absolute Gasteiger partial charge is 0.300 e. The summed E-state index contributed by atoms with van der Waals surface area (Å²) >= 11 is 0. The first-order chi connectivity index (χ1) is 13.9. The van der Waals surface area contributed by atoms with Gasteiger partial charge < -0.3 is 0 Å². The van der Waals surface area contributed by atoms with Gasteiger partial charge in [-0.15, -0.1) is 0 Å². The van der Waals surface area contributed by atoms with Crippen LogP contribution in [0.5, 0.6) is 0 Å². The summed E-state index contributed by atoms with van der Waals surface area (Å²) in [6.45, 7) is 11.5. The number of hydrogen-bond acceptors (Lipinski definition) is 4. The molecule has 0 atom stereocenters. The number of benzene rings is 2. The lowest BCUT2D eigenvalue weighted by molar-refractivity contribution is -0.114. The molecule has 0 aromatic heterocycles. The minimum absolute atomic E-state index is 0.382. The summed E-state index contributed by atoms with van der Waals surface area (Å²) in [4.78, 5) is 31.1. The highest BCUT2D eigenvalue weighted by Crippen LogP contribution is 2.30. The fraction of sp³-hybridized carbons (Fsp3) is 0.417. The number of nitrogens with zero attached hydrogens (tertiary/aromatic N) is 3. The highest BCUT2D eigenvalue weighted by atomic mass is 16.2. The topological polar surface area (TPSA) is 43.9 Å². The first-order valence-corrected chi connectivity index (χ1v) is 10.4. The first-order valence-electron chi connectivity index (χ1n) is 10.4. The van der Waals surface area contributed by atoms with E-state index in [9.17, 15) is 9.59 Å². The van der Waals surface area contributed by atoms with Crippen LogP contribution in [0.15, 0.2) is 42.5 Å². The van der Waals surface area contributed by atoms with Gasteiger partial charge in [0.15, 0.2) is 0 Å². The molecule has 0 spiro atoms. The average Bonchev–Trinajstić information content (AvgIpc) is 2.94. The zero-order valence-corrected chi connectivity index (χ0v) is 17.5. The summed E-state index contributed by atoms with van der Waals surface area (Å²) in [5.41, 5.74) is 5.00. The number of carbonyl (C=O) groups excluding carboxylic acids is 2. The molecule has 152 valence electrons. The van der Waals surface area contributed by atoms with Crippen LogP contribution in [-0.2, 0) is 11.3 Å². The number of Topliss-reactive ketones (excluding diaryl/α,β-unsaturated/α-hetero) is 1. The molecule has 5 heteroatoms. The van der Waals surface area contributed by atoms with E-state index in [4.69, 9.17) is 0 Å². The second kappa shape index (κ2) is 8.09. The zero-order valence-electron chi connectivity index (χ0n) is 17.5. The van der Waals surface area contributed by atoms with E-state index in [2.05, 4.69) is 47.9 Å². The first kappa shape index (κ1) is 19.8. The summed E-state index contributed by atoms with van der Waals surface area (Å²) < 4.78 is 0. The Labute approximate surface area is 172 Å². The molecule has 0 bridgehead atoms. The van der Waals surface area contributed by atoms with Crippen molar-refractivity contribution in [2.24, 2.45) is 0 Å². The van der Waals surface area contributed by atoms with Crippen molar-refractivity contribution in [3.8, 4) is 0 Å². The van der Waals surface area contributed by atoms with Gasteiger partial charge in [0.25, 0.3) is 5.78 Å². The second-order valence-electron chi connectivity index (χ2n) is 8.51. The van der Waals surface area contributed by atoms with Crippen LogP contribution in [0.2, 0.25) is 0 Å². The van der Waals surface area contributed by atoms with Crippen molar-refractivity contribution in [2.75, 3.05) is 37.7 Å². The fourth-order valence-electron chi connectivity index (χ4n) is 4.11. The quantitative estimate of drug-likeness (QED) is 0.733. The minimum Gasteiger partial charge on any atom is -0.297 e. The molecule has 2 aromatic carbocycles. The summed E-state index contributed by atoms with van der Waals surface area (Å²) in [7, 11) is 0. The van der Waals surface area contributed by atoms with Crippen molar-refractivity contribution in [2.45, 2.75) is 33.2 Å². The van der Waals surface area contributed by atoms with Gasteiger partial charge in [-0.3, -0.25) is 24.3 Å². The van der Waals surface area contributed by atoms with Crippen molar-refractivity contribution in [3.63, 3.8) is 0 Å². The molecule has 2 aliphatic rings. The van der Waals surface area contributed by atoms with E-state index in [1.54, 1.807) is 4.90 Å². The van der Waals surface area contributed by atoms with Crippen molar-refractivity contribution < 1.29 is 9.59 Å². The van der Waals surface area contributed by atoms with Crippen LogP contribution in [0.4, 0.5) is 5.69 Å². The van der Waals surface area contributed by atoms with Gasteiger partial charge in [0.1, 0.15) is 0 Å². The van der Waals surface area contributed by atoms with E-state index in [1.807, 2.05) is 25.1 Å². The summed E-state index contributed by atoms with van der Waals surface area (Å²) in [5, 5.41) is 0. The van der Waals surface area contributed by atoms with Gasteiger partial charge in [-0.05, 0) is 36.1 Å². The number of rotatable bonds is 5. The van der Waals surface area contributed by atoms with Crippen LogP contribution >= 0.6 is 0 Å². The van der Waals surface area contributed by atoms with Crippen molar-refractivity contribution in [3.05, 3.63) is 64.7 Å². The lowest BCUT2D eigenvalue weighted by atomic mass is 10.0. The number of piperazine rings is 1. The molecule has 29 heavy (non-hydrogen) atoms. The van der Waals surface area contributed by atoms with E-state index in [-0.39, 0.29) is 5.78 Å². The number of fused-ring (bicyclic) bond motifs is 1. The number of anilines is 1. The molecule has 2 aliphatic heterocycles. The Hall–Kier alpha value is -2.50. The normalized spacial score (nSPS) is 18.0. The maximum Gasteiger partial charge on any atom is 0.300 e. The molecule has 0 N–H and O–H groups in total. The predicted octanol–water partition coefficient (Wildman–Crippen LogP) is 3.42. The maximum absolute atomic E-state index is 12.5. The monoisotopic (exact) mass is 391 g/mol. The number of aryl methyl sites for hydroxylation is 1. The molecular formula is C24H29N3O2. The third-order valence-corrected chi connectivity index (χ3v) is 5.99. The number of amides is 1. The van der Waals surface area contributed by atoms with Crippen LogP contribution in [0.1, 0.15) is 46.8 Å². The maximum atomic E-state index is 12.5. The van der Waals surface area contributed by atoms with Crippen molar-refractivity contribution in [1.82, 2.24) is 9.80 Å². The van der Waals surface area contributed by atoms with Gasteiger partial charge in [0, 0.05) is 32.7 Å². The van der Waals surface area contributed by atoms with Gasteiger partial charge in [-0.1, -0.05) is 49.7 Å². The third-order valence-electron chi connectivity index (χ3n) is 5.99. The molecular weight excluding hydrogens is 362 g/mol. The highest BCUT2D eigenvalue weighted by Gasteiger charge is 2.36. The summed E-state index contributed by atoms with van der Waals surface area (Å²) in [6, 6.07) is 14.6. The number of hydrogen-bond donors (Lipinski definition) is 0. The molecule has 2 aromatic rings. The molecule has 0 saturated carbocycles. The highest BCUT2D eigenvalue weighted by molar-refractivity contribution is 6.52. The lowest BCUT2D eigenvalue weighted by Crippen LogP contribution is -2.50. The van der Waals surface area contributed by atoms with Crippen LogP contribution in [0.25, 0.3) is 0 Å². The van der Waals surface area contributed by atoms with Crippen molar-refractivity contribution >= 4 is 17.4 Å². The molecule has 5 nitrogen and oxygen atoms in total. The molecule has 1 saturated heterocycles. The third kappa shape index (κ3) is 4.11. The Balaban J connectivity index is 1.34. The zero-order chi connectivity index (χ0) is 20.5. The minimum atomic E-state index is -0.404. The molecule has 0 unspecified atom stereocenters. The van der Waals surface area contributed by atoms with Crippen LogP contribution in [0, 0.1) is 6.92 Å². The molecule has 1 fully saturated rings. The summed E-state index contributed by atoms with van der Waals surface area (Å²) in [5.74, 6) is -0.229. The summed E-state index contributed by atoms with van der Waals surface area (Å²) in [6.07, 6.45) is 0. The number of carbonyl (C=O) groups is 2. The SMILES string of the molecule is Cc1ccc2c(c1)C(=O)C(=O)N2CN1CCN(Cc2ccc(C(C)C)cc2)CC1. The number of ketones is 1. The molecule has 0 aliphatic carbocycles. The van der Waals surface area contributed by atoms with Gasteiger partial charge in [0.05, 0.1) is 17.9 Å². The van der Waals surface area contributed by atoms with Gasteiger partial charge in [-0.25, -0.2) is 0 Å². The Morgan fingerprint density at radius 1 is 0.897 bits per heavy atom. The average molecular weight is 392 g/mol.